The Kier molecular flexibility index (Phi) is 8.78. The van der Waals surface area contributed by atoms with Crippen LogP contribution in [0.1, 0.15) is 73.4 Å². The Labute approximate surface area is 208 Å². The van der Waals surface area contributed by atoms with Crippen LogP contribution in [0.5, 0.6) is 5.75 Å². The molecule has 1 saturated carbocycles. The second-order valence-corrected chi connectivity index (χ2v) is 10.2. The third-order valence-corrected chi connectivity index (χ3v) is 7.50. The zero-order chi connectivity index (χ0) is 24.8. The molecule has 1 unspecified atom stereocenters. The monoisotopic (exact) mass is 484 g/mol. The number of ether oxygens (including phenoxy) is 1. The minimum atomic E-state index is -0.528. The molecule has 2 aliphatic carbocycles. The van der Waals surface area contributed by atoms with Crippen LogP contribution in [0, 0.1) is 5.92 Å². The van der Waals surface area contributed by atoms with Gasteiger partial charge in [0.25, 0.3) is 5.91 Å². The van der Waals surface area contributed by atoms with Gasteiger partial charge in [0.05, 0.1) is 11.5 Å². The van der Waals surface area contributed by atoms with Crippen LogP contribution in [-0.2, 0) is 22.4 Å². The van der Waals surface area contributed by atoms with Crippen molar-refractivity contribution in [3.05, 3.63) is 28.8 Å². The summed E-state index contributed by atoms with van der Waals surface area (Å²) in [6.45, 7) is 7.41. The van der Waals surface area contributed by atoms with E-state index >= 15 is 0 Å². The Bertz CT molecular complexity index is 930. The van der Waals surface area contributed by atoms with Crippen molar-refractivity contribution in [3.8, 4) is 5.75 Å². The van der Waals surface area contributed by atoms with Crippen molar-refractivity contribution < 1.29 is 19.1 Å². The Balaban J connectivity index is 1.39. The lowest BCUT2D eigenvalue weighted by molar-refractivity contribution is -0.135. The predicted molar refractivity (Wildman–Crippen MR) is 134 cm³/mol. The summed E-state index contributed by atoms with van der Waals surface area (Å²) >= 11 is 0. The molecular weight excluding hydrogens is 444 g/mol. The maximum atomic E-state index is 12.5. The molecule has 192 valence electrons. The number of rotatable bonds is 11. The highest BCUT2D eigenvalue weighted by molar-refractivity contribution is 5.98. The van der Waals surface area contributed by atoms with E-state index in [9.17, 15) is 14.4 Å². The first-order valence-corrected chi connectivity index (χ1v) is 13.4. The molecule has 3 N–H and O–H groups in total. The third-order valence-electron chi connectivity index (χ3n) is 7.50. The van der Waals surface area contributed by atoms with Gasteiger partial charge in [0.2, 0.25) is 5.91 Å². The zero-order valence-electron chi connectivity index (χ0n) is 21.0. The van der Waals surface area contributed by atoms with E-state index in [1.54, 1.807) is 6.07 Å². The van der Waals surface area contributed by atoms with E-state index in [0.717, 1.165) is 102 Å². The van der Waals surface area contributed by atoms with Crippen molar-refractivity contribution in [2.45, 2.75) is 70.8 Å². The van der Waals surface area contributed by atoms with Crippen molar-refractivity contribution in [3.63, 3.8) is 0 Å². The minimum Gasteiger partial charge on any atom is -0.425 e. The Morgan fingerprint density at radius 1 is 1.14 bits per heavy atom. The SMILES string of the molecule is CCCN(CCCCN1CCNCCC1=O)C1CCc2ccc(OC(=O)C3CC3)c(C(N)=O)c2C1. The van der Waals surface area contributed by atoms with Gasteiger partial charge in [-0.05, 0) is 81.6 Å². The summed E-state index contributed by atoms with van der Waals surface area (Å²) in [6.07, 6.45) is 8.02. The van der Waals surface area contributed by atoms with Crippen LogP contribution in [0.3, 0.4) is 0 Å². The van der Waals surface area contributed by atoms with Gasteiger partial charge in [-0.15, -0.1) is 0 Å². The molecule has 1 aromatic rings. The molecule has 8 nitrogen and oxygen atoms in total. The number of amides is 2. The molecule has 1 saturated heterocycles. The average molecular weight is 485 g/mol. The molecule has 1 aliphatic heterocycles. The molecule has 1 aromatic carbocycles. The van der Waals surface area contributed by atoms with Gasteiger partial charge in [-0.25, -0.2) is 0 Å². The number of hydrogen-bond donors (Lipinski definition) is 2. The fraction of sp³-hybridized carbons (Fsp3) is 0.667. The van der Waals surface area contributed by atoms with Crippen molar-refractivity contribution in [1.29, 1.82) is 0 Å². The number of fused-ring (bicyclic) bond motifs is 1. The Hall–Kier alpha value is -2.45. The lowest BCUT2D eigenvalue weighted by Crippen LogP contribution is -2.41. The molecule has 0 radical (unpaired) electrons. The molecule has 3 aliphatic rings. The summed E-state index contributed by atoms with van der Waals surface area (Å²) in [7, 11) is 0. The number of nitrogens with two attached hydrogens (primary N) is 1. The third kappa shape index (κ3) is 6.61. The molecule has 1 heterocycles. The number of esters is 1. The maximum Gasteiger partial charge on any atom is 0.314 e. The van der Waals surface area contributed by atoms with Gasteiger partial charge in [0.15, 0.2) is 0 Å². The van der Waals surface area contributed by atoms with Crippen molar-refractivity contribution in [2.75, 3.05) is 39.3 Å². The van der Waals surface area contributed by atoms with Crippen molar-refractivity contribution in [2.24, 2.45) is 11.7 Å². The van der Waals surface area contributed by atoms with Gasteiger partial charge in [0.1, 0.15) is 5.75 Å². The van der Waals surface area contributed by atoms with Crippen molar-refractivity contribution in [1.82, 2.24) is 15.1 Å². The zero-order valence-corrected chi connectivity index (χ0v) is 21.0. The van der Waals surface area contributed by atoms with Gasteiger partial charge >= 0.3 is 5.97 Å². The topological polar surface area (TPSA) is 105 Å². The number of carbonyl (C=O) groups is 3. The number of carbonyl (C=O) groups excluding carboxylic acids is 3. The van der Waals surface area contributed by atoms with Crippen LogP contribution in [0.15, 0.2) is 12.1 Å². The molecule has 0 aromatic heterocycles. The van der Waals surface area contributed by atoms with E-state index < -0.39 is 5.91 Å². The summed E-state index contributed by atoms with van der Waals surface area (Å²) in [4.78, 5) is 41.5. The molecule has 8 heteroatoms. The number of aryl methyl sites for hydroxylation is 1. The molecule has 2 fully saturated rings. The van der Waals surface area contributed by atoms with Crippen LogP contribution in [-0.4, -0.2) is 72.9 Å². The molecular formula is C27H40N4O4. The van der Waals surface area contributed by atoms with E-state index in [1.165, 1.54) is 0 Å². The lowest BCUT2D eigenvalue weighted by Gasteiger charge is -2.36. The number of hydrogen-bond acceptors (Lipinski definition) is 6. The van der Waals surface area contributed by atoms with Crippen molar-refractivity contribution >= 4 is 17.8 Å². The van der Waals surface area contributed by atoms with E-state index in [2.05, 4.69) is 17.1 Å². The number of primary amides is 1. The Morgan fingerprint density at radius 3 is 2.71 bits per heavy atom. The van der Waals surface area contributed by atoms with E-state index in [4.69, 9.17) is 10.5 Å². The second-order valence-electron chi connectivity index (χ2n) is 10.2. The summed E-state index contributed by atoms with van der Waals surface area (Å²) in [6, 6.07) is 4.05. The fourth-order valence-corrected chi connectivity index (χ4v) is 5.41. The predicted octanol–water partition coefficient (Wildman–Crippen LogP) is 2.27. The standard InChI is InChI=1S/C27H40N4O4/c1-2-14-30(15-3-4-16-31-17-13-29-12-11-24(31)32)21-9-7-19-8-10-23(35-27(34)20-5-6-20)25(26(28)33)22(19)18-21/h8,10,20-21,29H,2-7,9,11-18H2,1H3,(H2,28,33). The molecule has 1 atom stereocenters. The summed E-state index contributed by atoms with van der Waals surface area (Å²) in [5.41, 5.74) is 8.25. The number of unbranched alkanes of at least 4 members (excludes halogenated alkanes) is 1. The van der Waals surface area contributed by atoms with E-state index in [0.29, 0.717) is 23.8 Å². The molecule has 0 spiro atoms. The first kappa shape index (κ1) is 25.6. The van der Waals surface area contributed by atoms with E-state index in [1.807, 2.05) is 11.0 Å². The first-order valence-electron chi connectivity index (χ1n) is 13.4. The number of benzene rings is 1. The largest absolute Gasteiger partial charge is 0.425 e. The van der Waals surface area contributed by atoms with Gasteiger partial charge < -0.3 is 25.6 Å². The average Bonchev–Trinajstić information content (AvgIpc) is 3.70. The van der Waals surface area contributed by atoms with E-state index in [-0.39, 0.29) is 17.8 Å². The summed E-state index contributed by atoms with van der Waals surface area (Å²) in [5, 5.41) is 3.29. The van der Waals surface area contributed by atoms with Gasteiger partial charge in [-0.1, -0.05) is 13.0 Å². The molecule has 4 rings (SSSR count). The highest BCUT2D eigenvalue weighted by Crippen LogP contribution is 2.35. The first-order chi connectivity index (χ1) is 17.0. The molecule has 35 heavy (non-hydrogen) atoms. The highest BCUT2D eigenvalue weighted by atomic mass is 16.5. The normalized spacial score (nSPS) is 20.5. The minimum absolute atomic E-state index is 0.0413. The van der Waals surface area contributed by atoms with Crippen LogP contribution >= 0.6 is 0 Å². The maximum absolute atomic E-state index is 12.5. The fourth-order valence-electron chi connectivity index (χ4n) is 5.41. The molecule has 2 amide bonds. The van der Waals surface area contributed by atoms with Gasteiger partial charge in [-0.2, -0.15) is 0 Å². The van der Waals surface area contributed by atoms with Crippen LogP contribution < -0.4 is 15.8 Å². The summed E-state index contributed by atoms with van der Waals surface area (Å²) in [5.74, 6) is -0.264. The van der Waals surface area contributed by atoms with Crippen LogP contribution in [0.2, 0.25) is 0 Å². The smallest absolute Gasteiger partial charge is 0.314 e. The van der Waals surface area contributed by atoms with Gasteiger partial charge in [-0.3, -0.25) is 14.4 Å². The van der Waals surface area contributed by atoms with Gasteiger partial charge in [0, 0.05) is 38.6 Å². The summed E-state index contributed by atoms with van der Waals surface area (Å²) < 4.78 is 5.60. The number of nitrogens with one attached hydrogen (secondary N) is 1. The Morgan fingerprint density at radius 2 is 1.97 bits per heavy atom. The van der Waals surface area contributed by atoms with Crippen LogP contribution in [0.25, 0.3) is 0 Å². The van der Waals surface area contributed by atoms with Crippen LogP contribution in [0.4, 0.5) is 0 Å². The second kappa shape index (κ2) is 12.0. The quantitative estimate of drug-likeness (QED) is 0.284. The highest BCUT2D eigenvalue weighted by Gasteiger charge is 2.34. The number of nitrogens with zero attached hydrogens (tertiary/aromatic N) is 2. The lowest BCUT2D eigenvalue weighted by atomic mass is 9.84. The molecule has 0 bridgehead atoms.